The van der Waals surface area contributed by atoms with Gasteiger partial charge in [-0.25, -0.2) is 13.4 Å². The smallest absolute Gasteiger partial charge is 0.311 e. The molecule has 0 atom stereocenters. The Morgan fingerprint density at radius 2 is 1.65 bits per heavy atom. The molecule has 9 heteroatoms. The van der Waals surface area contributed by atoms with Crippen LogP contribution in [-0.4, -0.2) is 19.3 Å². The zero-order valence-corrected chi connectivity index (χ0v) is 17.5. The number of oxazole rings is 1. The van der Waals surface area contributed by atoms with Crippen molar-refractivity contribution in [2.24, 2.45) is 0 Å². The Morgan fingerprint density at radius 1 is 0.903 bits per heavy atom. The van der Waals surface area contributed by atoms with Gasteiger partial charge >= 0.3 is 5.91 Å². The lowest BCUT2D eigenvalue weighted by molar-refractivity contribution is 0.0991. The van der Waals surface area contributed by atoms with Gasteiger partial charge in [-0.2, -0.15) is 0 Å². The summed E-state index contributed by atoms with van der Waals surface area (Å²) in [5, 5.41) is 3.10. The van der Waals surface area contributed by atoms with E-state index in [9.17, 15) is 13.2 Å². The first-order chi connectivity index (χ1) is 14.9. The molecule has 4 aromatic rings. The van der Waals surface area contributed by atoms with Crippen LogP contribution >= 0.6 is 11.6 Å². The lowest BCUT2D eigenvalue weighted by Gasteiger charge is -2.10. The van der Waals surface area contributed by atoms with E-state index in [0.717, 1.165) is 5.56 Å². The molecule has 0 aliphatic heterocycles. The molecule has 0 saturated carbocycles. The third-order valence-corrected chi connectivity index (χ3v) is 5.89. The van der Waals surface area contributed by atoms with Gasteiger partial charge < -0.3 is 9.73 Å². The molecule has 2 N–H and O–H groups in total. The zero-order valence-electron chi connectivity index (χ0n) is 15.9. The molecule has 4 rings (SSSR count). The molecule has 0 bridgehead atoms. The molecule has 3 aromatic carbocycles. The molecule has 0 saturated heterocycles. The number of hydrogen-bond acceptors (Lipinski definition) is 5. The number of halogens is 1. The summed E-state index contributed by atoms with van der Waals surface area (Å²) in [6, 6.07) is 21.4. The summed E-state index contributed by atoms with van der Waals surface area (Å²) in [6.07, 6.45) is 1.46. The number of sulfonamides is 1. The summed E-state index contributed by atoms with van der Waals surface area (Å²) in [6.45, 7) is 0. The maximum Gasteiger partial charge on any atom is 0.311 e. The second kappa shape index (κ2) is 8.63. The van der Waals surface area contributed by atoms with E-state index in [4.69, 9.17) is 16.0 Å². The van der Waals surface area contributed by atoms with Crippen LogP contribution in [0, 0.1) is 0 Å². The largest absolute Gasteiger partial charge is 0.432 e. The van der Waals surface area contributed by atoms with E-state index in [1.807, 2.05) is 30.3 Å². The quantitative estimate of drug-likeness (QED) is 0.425. The fourth-order valence-corrected chi connectivity index (χ4v) is 4.00. The molecule has 0 aliphatic carbocycles. The number of benzene rings is 3. The number of nitrogens with one attached hydrogen (secondary N) is 2. The number of amides is 1. The highest BCUT2D eigenvalue weighted by atomic mass is 35.5. The van der Waals surface area contributed by atoms with Crippen LogP contribution < -0.4 is 10.0 Å². The Labute approximate surface area is 183 Å². The van der Waals surface area contributed by atoms with Crippen LogP contribution in [0.3, 0.4) is 0 Å². The molecular formula is C22H16ClN3O4S. The average Bonchev–Trinajstić information content (AvgIpc) is 3.27. The van der Waals surface area contributed by atoms with Crippen LogP contribution in [0.1, 0.15) is 10.7 Å². The molecular weight excluding hydrogens is 438 g/mol. The lowest BCUT2D eigenvalue weighted by Crippen LogP contribution is -2.15. The van der Waals surface area contributed by atoms with Gasteiger partial charge in [-0.15, -0.1) is 0 Å². The number of carbonyl (C=O) groups excluding carboxylic acids is 1. The standard InChI is InChI=1S/C22H16ClN3O4S/c23-16-9-11-17(12-10-16)26-31(28,29)19-8-4-7-18(13-19)25-21(27)22-24-14-20(30-22)15-5-2-1-3-6-15/h1-14,26H,(H,25,27). The molecule has 7 nitrogen and oxygen atoms in total. The Kier molecular flexibility index (Phi) is 5.75. The van der Waals surface area contributed by atoms with Crippen molar-refractivity contribution in [2.75, 3.05) is 10.0 Å². The highest BCUT2D eigenvalue weighted by Crippen LogP contribution is 2.23. The molecule has 156 valence electrons. The van der Waals surface area contributed by atoms with Gasteiger partial charge in [0.25, 0.3) is 15.9 Å². The minimum Gasteiger partial charge on any atom is -0.432 e. The first-order valence-corrected chi connectivity index (χ1v) is 11.0. The predicted octanol–water partition coefficient (Wildman–Crippen LogP) is 5.05. The van der Waals surface area contributed by atoms with Crippen molar-refractivity contribution in [1.29, 1.82) is 0 Å². The van der Waals surface area contributed by atoms with Gasteiger partial charge in [0, 0.05) is 22.0 Å². The average molecular weight is 454 g/mol. The van der Waals surface area contributed by atoms with Gasteiger partial charge in [0.1, 0.15) is 0 Å². The van der Waals surface area contributed by atoms with Crippen molar-refractivity contribution in [3.63, 3.8) is 0 Å². The van der Waals surface area contributed by atoms with Gasteiger partial charge in [-0.05, 0) is 42.5 Å². The molecule has 31 heavy (non-hydrogen) atoms. The molecule has 1 heterocycles. The molecule has 1 amide bonds. The second-order valence-electron chi connectivity index (χ2n) is 6.49. The maximum absolute atomic E-state index is 12.7. The van der Waals surface area contributed by atoms with E-state index in [2.05, 4.69) is 15.0 Å². The second-order valence-corrected chi connectivity index (χ2v) is 8.61. The molecule has 1 aromatic heterocycles. The topological polar surface area (TPSA) is 101 Å². The van der Waals surface area contributed by atoms with Crippen molar-refractivity contribution in [2.45, 2.75) is 4.90 Å². The van der Waals surface area contributed by atoms with Crippen molar-refractivity contribution < 1.29 is 17.6 Å². The molecule has 0 spiro atoms. The molecule has 0 radical (unpaired) electrons. The summed E-state index contributed by atoms with van der Waals surface area (Å²) in [5.41, 5.74) is 1.44. The first kappa shape index (κ1) is 20.6. The summed E-state index contributed by atoms with van der Waals surface area (Å²) in [4.78, 5) is 16.5. The number of rotatable bonds is 6. The molecule has 0 unspecified atom stereocenters. The van der Waals surface area contributed by atoms with Gasteiger partial charge in [0.15, 0.2) is 5.76 Å². The monoisotopic (exact) mass is 453 g/mol. The third kappa shape index (κ3) is 4.93. The van der Waals surface area contributed by atoms with Crippen LogP contribution in [0.4, 0.5) is 11.4 Å². The number of hydrogen-bond donors (Lipinski definition) is 2. The Bertz CT molecular complexity index is 1320. The highest BCUT2D eigenvalue weighted by Gasteiger charge is 2.18. The van der Waals surface area contributed by atoms with E-state index in [-0.39, 0.29) is 16.5 Å². The van der Waals surface area contributed by atoms with Gasteiger partial charge in [-0.1, -0.05) is 48.0 Å². The number of anilines is 2. The van der Waals surface area contributed by atoms with Crippen LogP contribution in [0.15, 0.2) is 94.4 Å². The highest BCUT2D eigenvalue weighted by molar-refractivity contribution is 7.92. The molecule has 0 fully saturated rings. The van der Waals surface area contributed by atoms with E-state index in [1.54, 1.807) is 30.3 Å². The zero-order chi connectivity index (χ0) is 21.8. The van der Waals surface area contributed by atoms with E-state index in [1.165, 1.54) is 24.4 Å². The Morgan fingerprint density at radius 3 is 2.39 bits per heavy atom. The molecule has 0 aliphatic rings. The van der Waals surface area contributed by atoms with E-state index in [0.29, 0.717) is 16.5 Å². The number of carbonyl (C=O) groups is 1. The minimum absolute atomic E-state index is 0.0161. The van der Waals surface area contributed by atoms with Crippen LogP contribution in [0.25, 0.3) is 11.3 Å². The summed E-state index contributed by atoms with van der Waals surface area (Å²) in [5.74, 6) is -0.275. The summed E-state index contributed by atoms with van der Waals surface area (Å²) < 4.78 is 33.3. The van der Waals surface area contributed by atoms with Crippen molar-refractivity contribution in [3.8, 4) is 11.3 Å². The Hall–Kier alpha value is -3.62. The van der Waals surface area contributed by atoms with Gasteiger partial charge in [-0.3, -0.25) is 9.52 Å². The maximum atomic E-state index is 12.7. The van der Waals surface area contributed by atoms with Crippen LogP contribution in [0.2, 0.25) is 5.02 Å². The first-order valence-electron chi connectivity index (χ1n) is 9.12. The van der Waals surface area contributed by atoms with Crippen LogP contribution in [0.5, 0.6) is 0 Å². The van der Waals surface area contributed by atoms with Crippen molar-refractivity contribution in [3.05, 3.63) is 96.0 Å². The fraction of sp³-hybridized carbons (Fsp3) is 0. The third-order valence-electron chi connectivity index (χ3n) is 4.26. The minimum atomic E-state index is -3.86. The predicted molar refractivity (Wildman–Crippen MR) is 119 cm³/mol. The van der Waals surface area contributed by atoms with Crippen LogP contribution in [-0.2, 0) is 10.0 Å². The Balaban J connectivity index is 1.50. The van der Waals surface area contributed by atoms with Crippen molar-refractivity contribution in [1.82, 2.24) is 4.98 Å². The normalized spacial score (nSPS) is 11.1. The SMILES string of the molecule is O=C(Nc1cccc(S(=O)(=O)Nc2ccc(Cl)cc2)c1)c1ncc(-c2ccccc2)o1. The van der Waals surface area contributed by atoms with Gasteiger partial charge in [0.2, 0.25) is 0 Å². The summed E-state index contributed by atoms with van der Waals surface area (Å²) >= 11 is 5.83. The van der Waals surface area contributed by atoms with E-state index >= 15 is 0 Å². The summed E-state index contributed by atoms with van der Waals surface area (Å²) in [7, 11) is -3.86. The number of aromatic nitrogens is 1. The fourth-order valence-electron chi connectivity index (χ4n) is 2.77. The van der Waals surface area contributed by atoms with Crippen molar-refractivity contribution >= 4 is 38.9 Å². The van der Waals surface area contributed by atoms with E-state index < -0.39 is 15.9 Å². The number of nitrogens with zero attached hydrogens (tertiary/aromatic N) is 1. The van der Waals surface area contributed by atoms with Gasteiger partial charge in [0.05, 0.1) is 11.1 Å². The lowest BCUT2D eigenvalue weighted by atomic mass is 10.2.